The van der Waals surface area contributed by atoms with E-state index in [1.54, 1.807) is 6.92 Å². The molecule has 2 rings (SSSR count). The Morgan fingerprint density at radius 1 is 1.56 bits per heavy atom. The van der Waals surface area contributed by atoms with Gasteiger partial charge in [-0.2, -0.15) is 4.98 Å². The van der Waals surface area contributed by atoms with Crippen molar-refractivity contribution in [3.8, 4) is 0 Å². The number of fused-ring (bicyclic) bond motifs is 1. The molecule has 0 bridgehead atoms. The van der Waals surface area contributed by atoms with Gasteiger partial charge in [0.25, 0.3) is 0 Å². The normalized spacial score (nSPS) is 12.6. The van der Waals surface area contributed by atoms with Crippen molar-refractivity contribution in [2.45, 2.75) is 13.0 Å². The molecule has 1 atom stereocenters. The van der Waals surface area contributed by atoms with Crippen molar-refractivity contribution in [2.75, 3.05) is 11.1 Å². The Balaban J connectivity index is 2.42. The van der Waals surface area contributed by atoms with Gasteiger partial charge in [-0.25, -0.2) is 4.98 Å². The van der Waals surface area contributed by atoms with Gasteiger partial charge >= 0.3 is 0 Å². The van der Waals surface area contributed by atoms with Crippen molar-refractivity contribution in [3.63, 3.8) is 0 Å². The Morgan fingerprint density at radius 2 is 2.31 bits per heavy atom. The average molecular weight is 237 g/mol. The Labute approximate surface area is 95.7 Å². The third-order valence-corrected chi connectivity index (χ3v) is 2.93. The maximum Gasteiger partial charge on any atom is 0.239 e. The highest BCUT2D eigenvalue weighted by molar-refractivity contribution is 7.16. The summed E-state index contributed by atoms with van der Waals surface area (Å²) >= 11 is 1.46. The molecule has 0 aromatic carbocycles. The number of aromatic nitrogens is 2. The van der Waals surface area contributed by atoms with Crippen LogP contribution in [-0.2, 0) is 4.79 Å². The minimum absolute atomic E-state index is 0.175. The van der Waals surface area contributed by atoms with Gasteiger partial charge in [-0.1, -0.05) is 0 Å². The van der Waals surface area contributed by atoms with Crippen molar-refractivity contribution in [2.24, 2.45) is 5.73 Å². The Hall–Kier alpha value is -1.89. The van der Waals surface area contributed by atoms with Gasteiger partial charge in [0.15, 0.2) is 0 Å². The smallest absolute Gasteiger partial charge is 0.239 e. The van der Waals surface area contributed by atoms with Crippen LogP contribution in [0.5, 0.6) is 0 Å². The van der Waals surface area contributed by atoms with Crippen molar-refractivity contribution >= 4 is 39.2 Å². The number of primary amides is 1. The number of hydrogen-bond acceptors (Lipinski definition) is 6. The molecule has 6 nitrogen and oxygen atoms in total. The molecular weight excluding hydrogens is 226 g/mol. The van der Waals surface area contributed by atoms with Crippen LogP contribution in [0.1, 0.15) is 6.92 Å². The highest BCUT2D eigenvalue weighted by atomic mass is 32.1. The Kier molecular flexibility index (Phi) is 2.61. The predicted octanol–water partition coefficient (Wildman–Crippen LogP) is 0.559. The molecule has 7 heteroatoms. The van der Waals surface area contributed by atoms with Crippen LogP contribution < -0.4 is 16.8 Å². The van der Waals surface area contributed by atoms with Gasteiger partial charge in [-0.05, 0) is 18.4 Å². The summed E-state index contributed by atoms with van der Waals surface area (Å²) in [6.45, 7) is 1.67. The molecule has 0 aliphatic rings. The lowest BCUT2D eigenvalue weighted by Crippen LogP contribution is -2.32. The van der Waals surface area contributed by atoms with Gasteiger partial charge in [0.1, 0.15) is 16.7 Å². The molecule has 0 saturated carbocycles. The third-order valence-electron chi connectivity index (χ3n) is 2.12. The molecule has 0 radical (unpaired) electrons. The Morgan fingerprint density at radius 3 is 3.00 bits per heavy atom. The van der Waals surface area contributed by atoms with E-state index in [0.29, 0.717) is 5.82 Å². The number of amides is 1. The van der Waals surface area contributed by atoms with Gasteiger partial charge in [0, 0.05) is 0 Å². The van der Waals surface area contributed by atoms with Gasteiger partial charge in [-0.3, -0.25) is 4.79 Å². The van der Waals surface area contributed by atoms with Crippen LogP contribution in [0.25, 0.3) is 10.2 Å². The fourth-order valence-corrected chi connectivity index (χ4v) is 2.03. The maximum absolute atomic E-state index is 11.0. The highest BCUT2D eigenvalue weighted by Gasteiger charge is 2.13. The van der Waals surface area contributed by atoms with Crippen LogP contribution in [0.4, 0.5) is 11.8 Å². The number of nitrogens with two attached hydrogens (primary N) is 2. The molecule has 84 valence electrons. The molecule has 0 aliphatic carbocycles. The largest absolute Gasteiger partial charge is 0.368 e. The van der Waals surface area contributed by atoms with E-state index in [4.69, 9.17) is 11.5 Å². The van der Waals surface area contributed by atoms with Crippen molar-refractivity contribution in [3.05, 3.63) is 11.4 Å². The number of rotatable bonds is 3. The Bertz CT molecular complexity index is 538. The number of anilines is 2. The zero-order chi connectivity index (χ0) is 11.7. The second-order valence-electron chi connectivity index (χ2n) is 3.34. The second-order valence-corrected chi connectivity index (χ2v) is 4.23. The summed E-state index contributed by atoms with van der Waals surface area (Å²) in [7, 11) is 0. The lowest BCUT2D eigenvalue weighted by molar-refractivity contribution is -0.118. The summed E-state index contributed by atoms with van der Waals surface area (Å²) in [6.07, 6.45) is 0. The molecule has 0 spiro atoms. The van der Waals surface area contributed by atoms with E-state index in [9.17, 15) is 4.79 Å². The first kappa shape index (κ1) is 10.6. The van der Waals surface area contributed by atoms with E-state index in [0.717, 1.165) is 10.2 Å². The fraction of sp³-hybridized carbons (Fsp3) is 0.222. The van der Waals surface area contributed by atoms with Crippen LogP contribution >= 0.6 is 11.3 Å². The van der Waals surface area contributed by atoms with Gasteiger partial charge in [0.2, 0.25) is 11.9 Å². The molecule has 1 unspecified atom stereocenters. The first-order chi connectivity index (χ1) is 7.58. The number of nitrogens with one attached hydrogen (secondary N) is 1. The molecular formula is C9H11N5OS. The van der Waals surface area contributed by atoms with E-state index >= 15 is 0 Å². The van der Waals surface area contributed by atoms with Crippen LogP contribution in [0.3, 0.4) is 0 Å². The predicted molar refractivity (Wildman–Crippen MR) is 64.1 cm³/mol. The number of hydrogen-bond donors (Lipinski definition) is 3. The van der Waals surface area contributed by atoms with Gasteiger partial charge < -0.3 is 16.8 Å². The third kappa shape index (κ3) is 1.89. The van der Waals surface area contributed by atoms with E-state index in [-0.39, 0.29) is 5.95 Å². The summed E-state index contributed by atoms with van der Waals surface area (Å²) in [6, 6.07) is 1.37. The number of thiophene rings is 1. The van der Waals surface area contributed by atoms with E-state index in [2.05, 4.69) is 15.3 Å². The fourth-order valence-electron chi connectivity index (χ4n) is 1.26. The monoisotopic (exact) mass is 237 g/mol. The molecule has 2 aromatic rings. The summed E-state index contributed by atoms with van der Waals surface area (Å²) in [5.74, 6) is 0.268. The summed E-state index contributed by atoms with van der Waals surface area (Å²) in [4.78, 5) is 19.9. The number of nitrogen functional groups attached to an aromatic ring is 1. The number of carbonyl (C=O) groups is 1. The molecule has 16 heavy (non-hydrogen) atoms. The van der Waals surface area contributed by atoms with Crippen molar-refractivity contribution in [1.82, 2.24) is 9.97 Å². The van der Waals surface area contributed by atoms with Crippen LogP contribution in [0.2, 0.25) is 0 Å². The molecule has 2 aromatic heterocycles. The van der Waals surface area contributed by atoms with Crippen molar-refractivity contribution < 1.29 is 4.79 Å². The summed E-state index contributed by atoms with van der Waals surface area (Å²) in [5.41, 5.74) is 10.7. The topological polar surface area (TPSA) is 107 Å². The maximum atomic E-state index is 11.0. The zero-order valence-corrected chi connectivity index (χ0v) is 9.41. The molecule has 5 N–H and O–H groups in total. The SMILES string of the molecule is CC(Nc1nc(N)nc2sccc12)C(N)=O. The second kappa shape index (κ2) is 3.93. The lowest BCUT2D eigenvalue weighted by Gasteiger charge is -2.11. The summed E-state index contributed by atoms with van der Waals surface area (Å²) in [5, 5.41) is 5.64. The quantitative estimate of drug-likeness (QED) is 0.723. The number of carbonyl (C=O) groups excluding carboxylic acids is 1. The standard InChI is InChI=1S/C9H11N5OS/c1-4(6(10)15)12-7-5-2-3-16-8(5)14-9(11)13-7/h2-4H,1H3,(H2,10,15)(H3,11,12,13,14). The first-order valence-electron chi connectivity index (χ1n) is 4.64. The minimum Gasteiger partial charge on any atom is -0.368 e. The van der Waals surface area contributed by atoms with Crippen LogP contribution in [0.15, 0.2) is 11.4 Å². The number of nitrogens with zero attached hydrogens (tertiary/aromatic N) is 2. The molecule has 0 saturated heterocycles. The van der Waals surface area contributed by atoms with E-state index in [1.807, 2.05) is 11.4 Å². The lowest BCUT2D eigenvalue weighted by atomic mass is 10.3. The first-order valence-corrected chi connectivity index (χ1v) is 5.52. The van der Waals surface area contributed by atoms with Crippen LogP contribution in [0, 0.1) is 0 Å². The average Bonchev–Trinajstić information content (AvgIpc) is 2.65. The van der Waals surface area contributed by atoms with Crippen molar-refractivity contribution in [1.29, 1.82) is 0 Å². The molecule has 0 aliphatic heterocycles. The van der Waals surface area contributed by atoms with Gasteiger partial charge in [-0.15, -0.1) is 11.3 Å². The van der Waals surface area contributed by atoms with Crippen LogP contribution in [-0.4, -0.2) is 21.9 Å². The molecule has 0 fully saturated rings. The summed E-state index contributed by atoms with van der Waals surface area (Å²) < 4.78 is 0. The molecule has 2 heterocycles. The molecule has 1 amide bonds. The zero-order valence-electron chi connectivity index (χ0n) is 8.60. The highest BCUT2D eigenvalue weighted by Crippen LogP contribution is 2.25. The van der Waals surface area contributed by atoms with E-state index < -0.39 is 11.9 Å². The van der Waals surface area contributed by atoms with Gasteiger partial charge in [0.05, 0.1) is 5.39 Å². The van der Waals surface area contributed by atoms with E-state index in [1.165, 1.54) is 11.3 Å². The minimum atomic E-state index is -0.502.